The zero-order chi connectivity index (χ0) is 23.9. The second-order valence-corrected chi connectivity index (χ2v) is 8.48. The van der Waals surface area contributed by atoms with Crippen molar-refractivity contribution >= 4 is 29.4 Å². The van der Waals surface area contributed by atoms with Gasteiger partial charge in [0.15, 0.2) is 0 Å². The Labute approximate surface area is 189 Å². The summed E-state index contributed by atoms with van der Waals surface area (Å²) in [5.74, 6) is -7.14. The van der Waals surface area contributed by atoms with Gasteiger partial charge in [-0.2, -0.15) is 0 Å². The van der Waals surface area contributed by atoms with E-state index >= 15 is 0 Å². The average molecular weight is 452 g/mol. The van der Waals surface area contributed by atoms with Gasteiger partial charge in [-0.25, -0.2) is 0 Å². The second kappa shape index (κ2) is 8.57. The smallest absolute Gasteiger partial charge is 0.307 e. The molecule has 2 aromatic carbocycles. The number of aliphatic carboxylic acids is 2. The minimum absolute atomic E-state index is 0.452. The van der Waals surface area contributed by atoms with Crippen molar-refractivity contribution < 1.29 is 34.1 Å². The van der Waals surface area contributed by atoms with E-state index in [1.54, 1.807) is 24.3 Å². The Bertz CT molecular complexity index is 1100. The molecular weight excluding hydrogens is 428 g/mol. The maximum Gasteiger partial charge on any atom is 0.307 e. The molecule has 2 amide bonds. The molecule has 0 heterocycles. The SMILES string of the molecule is CNC(=O)C1C(C(=O)O)C1C1C(C(=O)O)C1C(=O)Nc1ccc(Oc2ccc(C)cc2)cc1. The Morgan fingerprint density at radius 1 is 0.727 bits per heavy atom. The highest BCUT2D eigenvalue weighted by Gasteiger charge is 2.74. The lowest BCUT2D eigenvalue weighted by atomic mass is 10.1. The molecule has 0 radical (unpaired) electrons. The fraction of sp³-hybridized carbons (Fsp3) is 0.333. The molecule has 9 heteroatoms. The van der Waals surface area contributed by atoms with Gasteiger partial charge in [-0.05, 0) is 55.2 Å². The van der Waals surface area contributed by atoms with Crippen LogP contribution in [0.2, 0.25) is 0 Å². The van der Waals surface area contributed by atoms with Gasteiger partial charge in [0.05, 0.1) is 23.7 Å². The van der Waals surface area contributed by atoms with Gasteiger partial charge < -0.3 is 25.6 Å². The summed E-state index contributed by atoms with van der Waals surface area (Å²) < 4.78 is 5.75. The lowest BCUT2D eigenvalue weighted by molar-refractivity contribution is -0.141. The van der Waals surface area contributed by atoms with Crippen LogP contribution in [0.4, 0.5) is 5.69 Å². The fourth-order valence-corrected chi connectivity index (χ4v) is 4.68. The molecule has 9 nitrogen and oxygen atoms in total. The van der Waals surface area contributed by atoms with Crippen LogP contribution in [0.5, 0.6) is 11.5 Å². The van der Waals surface area contributed by atoms with E-state index in [2.05, 4.69) is 10.6 Å². The van der Waals surface area contributed by atoms with Gasteiger partial charge in [-0.3, -0.25) is 19.2 Å². The van der Waals surface area contributed by atoms with Crippen molar-refractivity contribution in [2.24, 2.45) is 35.5 Å². The molecule has 172 valence electrons. The number of rotatable bonds is 8. The molecule has 2 aromatic rings. The van der Waals surface area contributed by atoms with Crippen LogP contribution in [0.3, 0.4) is 0 Å². The maximum atomic E-state index is 12.8. The van der Waals surface area contributed by atoms with E-state index in [1.165, 1.54) is 7.05 Å². The molecule has 0 aromatic heterocycles. The molecule has 4 rings (SSSR count). The largest absolute Gasteiger partial charge is 0.481 e. The fourth-order valence-electron chi connectivity index (χ4n) is 4.68. The first kappa shape index (κ1) is 22.3. The number of ether oxygens (including phenoxy) is 1. The normalized spacial score (nSPS) is 27.2. The summed E-state index contributed by atoms with van der Waals surface area (Å²) in [4.78, 5) is 48.0. The lowest BCUT2D eigenvalue weighted by Crippen LogP contribution is -2.22. The third-order valence-electron chi connectivity index (χ3n) is 6.40. The summed E-state index contributed by atoms with van der Waals surface area (Å²) in [6.45, 7) is 1.98. The summed E-state index contributed by atoms with van der Waals surface area (Å²) >= 11 is 0. The topological polar surface area (TPSA) is 142 Å². The Morgan fingerprint density at radius 2 is 1.18 bits per heavy atom. The number of carbonyl (C=O) groups is 4. The van der Waals surface area contributed by atoms with Crippen LogP contribution in [-0.4, -0.2) is 41.0 Å². The third-order valence-corrected chi connectivity index (χ3v) is 6.40. The van der Waals surface area contributed by atoms with Crippen LogP contribution in [-0.2, 0) is 19.2 Å². The monoisotopic (exact) mass is 452 g/mol. The minimum atomic E-state index is -1.17. The number of amides is 2. The Kier molecular flexibility index (Phi) is 5.80. The number of benzene rings is 2. The summed E-state index contributed by atoms with van der Waals surface area (Å²) in [6.07, 6.45) is 0. The van der Waals surface area contributed by atoms with Crippen LogP contribution in [0.25, 0.3) is 0 Å². The number of carboxylic acids is 2. The van der Waals surface area contributed by atoms with Gasteiger partial charge in [-0.15, -0.1) is 0 Å². The highest BCUT2D eigenvalue weighted by atomic mass is 16.5. The highest BCUT2D eigenvalue weighted by molar-refractivity contribution is 6.00. The Morgan fingerprint density at radius 3 is 1.64 bits per heavy atom. The number of nitrogens with one attached hydrogen (secondary N) is 2. The summed E-state index contributed by atoms with van der Waals surface area (Å²) in [5.41, 5.74) is 1.57. The first-order valence-corrected chi connectivity index (χ1v) is 10.6. The van der Waals surface area contributed by atoms with E-state index in [0.29, 0.717) is 17.2 Å². The summed E-state index contributed by atoms with van der Waals surface area (Å²) in [5, 5.41) is 24.1. The molecule has 6 atom stereocenters. The van der Waals surface area contributed by atoms with Crippen molar-refractivity contribution in [3.63, 3.8) is 0 Å². The molecule has 0 bridgehead atoms. The van der Waals surface area contributed by atoms with E-state index in [-0.39, 0.29) is 0 Å². The molecule has 2 saturated carbocycles. The Balaban J connectivity index is 1.42. The number of aryl methyl sites for hydroxylation is 1. The van der Waals surface area contributed by atoms with Gasteiger partial charge >= 0.3 is 11.9 Å². The molecule has 2 aliphatic rings. The molecule has 6 unspecified atom stereocenters. The zero-order valence-electron chi connectivity index (χ0n) is 18.0. The maximum absolute atomic E-state index is 12.8. The lowest BCUT2D eigenvalue weighted by Gasteiger charge is -2.08. The number of hydrogen-bond donors (Lipinski definition) is 4. The van der Waals surface area contributed by atoms with Crippen LogP contribution in [0, 0.1) is 42.4 Å². The van der Waals surface area contributed by atoms with Gasteiger partial charge in [0.1, 0.15) is 11.5 Å². The standard InChI is InChI=1S/C24H24N2O7/c1-11-3-7-13(8-4-11)33-14-9-5-12(6-10-14)26-22(28)18-16(20(18)24(31)32)15-17(21(27)25-2)19(15)23(29)30/h3-10,15-20H,1-2H3,(H,25,27)(H,26,28)(H,29,30)(H,31,32). The number of anilines is 1. The molecule has 33 heavy (non-hydrogen) atoms. The first-order chi connectivity index (χ1) is 15.7. The number of hydrogen-bond acceptors (Lipinski definition) is 5. The van der Waals surface area contributed by atoms with Crippen LogP contribution < -0.4 is 15.4 Å². The quantitative estimate of drug-likeness (QED) is 0.482. The van der Waals surface area contributed by atoms with Gasteiger partial charge in [0.2, 0.25) is 11.8 Å². The van der Waals surface area contributed by atoms with Crippen LogP contribution >= 0.6 is 0 Å². The average Bonchev–Trinajstić information content (AvgIpc) is 3.67. The van der Waals surface area contributed by atoms with Crippen LogP contribution in [0.15, 0.2) is 48.5 Å². The molecule has 2 aliphatic carbocycles. The van der Waals surface area contributed by atoms with E-state index in [0.717, 1.165) is 5.56 Å². The summed E-state index contributed by atoms with van der Waals surface area (Å²) in [6, 6.07) is 14.2. The highest BCUT2D eigenvalue weighted by Crippen LogP contribution is 2.65. The van der Waals surface area contributed by atoms with Crippen LogP contribution in [0.1, 0.15) is 5.56 Å². The molecule has 0 spiro atoms. The predicted molar refractivity (Wildman–Crippen MR) is 117 cm³/mol. The molecule has 2 fully saturated rings. The van der Waals surface area contributed by atoms with Gasteiger partial charge in [0, 0.05) is 12.7 Å². The van der Waals surface area contributed by atoms with E-state index in [4.69, 9.17) is 4.74 Å². The number of carboxylic acid groups (broad SMARTS) is 2. The van der Waals surface area contributed by atoms with Gasteiger partial charge in [-0.1, -0.05) is 17.7 Å². The van der Waals surface area contributed by atoms with Gasteiger partial charge in [0.25, 0.3) is 0 Å². The number of carbonyl (C=O) groups excluding carboxylic acids is 2. The molecule has 4 N–H and O–H groups in total. The van der Waals surface area contributed by atoms with Crippen molar-refractivity contribution in [1.82, 2.24) is 5.32 Å². The molecular formula is C24H24N2O7. The van der Waals surface area contributed by atoms with E-state index < -0.39 is 59.3 Å². The van der Waals surface area contributed by atoms with Crippen molar-refractivity contribution in [2.75, 3.05) is 12.4 Å². The summed E-state index contributed by atoms with van der Waals surface area (Å²) in [7, 11) is 1.40. The molecule has 0 saturated heterocycles. The zero-order valence-corrected chi connectivity index (χ0v) is 18.0. The van der Waals surface area contributed by atoms with Crippen molar-refractivity contribution in [3.8, 4) is 11.5 Å². The first-order valence-electron chi connectivity index (χ1n) is 10.6. The van der Waals surface area contributed by atoms with E-state index in [9.17, 15) is 29.4 Å². The minimum Gasteiger partial charge on any atom is -0.481 e. The third kappa shape index (κ3) is 4.39. The van der Waals surface area contributed by atoms with Crippen molar-refractivity contribution in [2.45, 2.75) is 6.92 Å². The molecule has 0 aliphatic heterocycles. The van der Waals surface area contributed by atoms with E-state index in [1.807, 2.05) is 31.2 Å². The Hall–Kier alpha value is -3.88. The predicted octanol–water partition coefficient (Wildman–Crippen LogP) is 2.37. The van der Waals surface area contributed by atoms with Crippen molar-refractivity contribution in [1.29, 1.82) is 0 Å². The van der Waals surface area contributed by atoms with Crippen molar-refractivity contribution in [3.05, 3.63) is 54.1 Å². The second-order valence-electron chi connectivity index (χ2n) is 8.48.